The van der Waals surface area contributed by atoms with E-state index in [9.17, 15) is 27.6 Å². The van der Waals surface area contributed by atoms with Crippen LogP contribution in [0, 0.1) is 33.1 Å². The number of nitrogens with one attached hydrogen (secondary N) is 5. The maximum atomic E-state index is 15.2. The molecule has 6 aromatic carbocycles. The van der Waals surface area contributed by atoms with Gasteiger partial charge < -0.3 is 46.8 Å². The Bertz CT molecular complexity index is 4250. The number of amides is 5. The van der Waals surface area contributed by atoms with Crippen molar-refractivity contribution < 1.29 is 46.7 Å². The average Bonchev–Trinajstić information content (AvgIpc) is 1.28. The summed E-state index contributed by atoms with van der Waals surface area (Å²) in [7, 11) is -4.30. The van der Waals surface area contributed by atoms with Crippen LogP contribution in [0.25, 0.3) is 10.9 Å². The van der Waals surface area contributed by atoms with Crippen LogP contribution < -0.4 is 42.2 Å². The first-order chi connectivity index (χ1) is 45.7. The molecule has 0 saturated carbocycles. The Morgan fingerprint density at radius 3 is 1.82 bits per heavy atom. The number of hydrogen-bond donors (Lipinski definition) is 7. The number of carbonyl (C=O) groups is 6. The van der Waals surface area contributed by atoms with Gasteiger partial charge in [-0.05, 0) is 119 Å². The summed E-state index contributed by atoms with van der Waals surface area (Å²) in [5, 5.41) is 11.9. The van der Waals surface area contributed by atoms with Gasteiger partial charge in [0.2, 0.25) is 35.5 Å². The molecule has 9 rings (SSSR count). The van der Waals surface area contributed by atoms with Gasteiger partial charge in [-0.2, -0.15) is 0 Å². The third-order valence-electron chi connectivity index (χ3n) is 16.9. The summed E-state index contributed by atoms with van der Waals surface area (Å²) >= 11 is 0. The maximum Gasteiger partial charge on any atom is 0.419 e. The van der Waals surface area contributed by atoms with Gasteiger partial charge in [0.1, 0.15) is 46.7 Å². The number of ether oxygens (including phenoxy) is 2. The zero-order valence-corrected chi connectivity index (χ0v) is 56.1. The number of rotatable bonds is 26. The maximum absolute atomic E-state index is 15.2. The highest BCUT2D eigenvalue weighted by molar-refractivity contribution is 7.90. The van der Waals surface area contributed by atoms with Crippen LogP contribution >= 0.6 is 0 Å². The Balaban J connectivity index is 1.02. The molecule has 3 heterocycles. The number of nitrogens with two attached hydrogens (primary N) is 2. The van der Waals surface area contributed by atoms with Crippen LogP contribution in [0.2, 0.25) is 0 Å². The molecule has 0 aliphatic carbocycles. The molecule has 9 N–H and O–H groups in total. The number of carbonyl (C=O) groups excluding carboxylic acids is 6. The van der Waals surface area contributed by atoms with Crippen molar-refractivity contribution in [3.8, 4) is 18.1 Å². The van der Waals surface area contributed by atoms with Crippen LogP contribution in [0.3, 0.4) is 0 Å². The highest BCUT2D eigenvalue weighted by atomic mass is 32.2. The normalized spacial score (nSPS) is 14.2. The van der Waals surface area contributed by atoms with E-state index < -0.39 is 92.5 Å². The van der Waals surface area contributed by atoms with Crippen molar-refractivity contribution >= 4 is 62.5 Å². The van der Waals surface area contributed by atoms with Crippen molar-refractivity contribution in [2.75, 3.05) is 6.54 Å². The van der Waals surface area contributed by atoms with E-state index in [2.05, 4.69) is 36.9 Å². The SMILES string of the molecule is C#CCCC(=O)N[C@@H](Cc1cn(C(c2ccccc2)(c2ccccc2)c2ccccc2)cn1)C(=O)N[C@H](Cc1ccccc1)C(=O)N[C@@H](CCCN=C(N)NS(=O)(=O)c1c(C)c(C)c2c(c1C)CC(C)(C)O2)C(=O)N[C@@H](Cc1cn(C(=O)OC(C)(C)C)c2ccccc12)C(N)=O. The van der Waals surface area contributed by atoms with E-state index in [0.717, 1.165) is 22.3 Å². The Morgan fingerprint density at radius 2 is 1.24 bits per heavy atom. The standard InChI is InChI=1S/C74H83N11O10S/c1-10-11-38-63(86)79-61(42-55-45-84(46-78-55)74(52-29-18-13-19-30-52,53-31-20-14-21-32-53)54-33-22-15-23-34-54)69(90)82-60(40-50-27-16-12-17-28-50)68(89)80-58(36-26-39-77-70(76)83-96(92,93)65-48(3)47(2)64-57(49(65)4)43-73(8,9)94-64)67(88)81-59(66(75)87)41-51-44-85(71(91)95-72(5,6)7)62-37-25-24-35-56(51)62/h1,12-25,27-35,37,44-46,58-61H,11,26,36,38-43H2,2-9H3,(H2,75,87)(H,79,86)(H,80,89)(H,81,88)(H,82,90)(H3,76,77,83)/t58-,59-,60+,61-/m0/s1. The molecule has 0 radical (unpaired) electrons. The number of fused-ring (bicyclic) bond motifs is 2. The van der Waals surface area contributed by atoms with E-state index in [4.69, 9.17) is 32.3 Å². The van der Waals surface area contributed by atoms with Crippen molar-refractivity contribution in [3.05, 3.63) is 220 Å². The molecule has 96 heavy (non-hydrogen) atoms. The first-order valence-electron chi connectivity index (χ1n) is 31.8. The van der Waals surface area contributed by atoms with Gasteiger partial charge in [0.25, 0.3) is 10.0 Å². The first-order valence-corrected chi connectivity index (χ1v) is 33.3. The lowest BCUT2D eigenvalue weighted by atomic mass is 9.77. The van der Waals surface area contributed by atoms with E-state index in [0.29, 0.717) is 56.6 Å². The molecule has 21 nitrogen and oxygen atoms in total. The van der Waals surface area contributed by atoms with Crippen LogP contribution in [0.15, 0.2) is 174 Å². The summed E-state index contributed by atoms with van der Waals surface area (Å²) in [5.41, 5.74) is 17.2. The fourth-order valence-corrected chi connectivity index (χ4v) is 13.9. The zero-order chi connectivity index (χ0) is 69.1. The van der Waals surface area contributed by atoms with Crippen LogP contribution in [0.5, 0.6) is 5.75 Å². The molecule has 0 saturated heterocycles. The summed E-state index contributed by atoms with van der Waals surface area (Å²) in [5.74, 6) is -1.23. The number of terminal acetylenes is 1. The molecular formula is C74H83N11O10S. The van der Waals surface area contributed by atoms with Gasteiger partial charge in [-0.3, -0.25) is 33.5 Å². The summed E-state index contributed by atoms with van der Waals surface area (Å²) in [4.78, 5) is 95.2. The molecular weight excluding hydrogens is 1230 g/mol. The van der Waals surface area contributed by atoms with Crippen molar-refractivity contribution in [1.29, 1.82) is 0 Å². The molecule has 22 heteroatoms. The molecule has 0 unspecified atom stereocenters. The predicted molar refractivity (Wildman–Crippen MR) is 368 cm³/mol. The molecule has 5 amide bonds. The minimum Gasteiger partial charge on any atom is -0.487 e. The monoisotopic (exact) mass is 1320 g/mol. The Hall–Kier alpha value is -10.5. The third kappa shape index (κ3) is 16.3. The largest absolute Gasteiger partial charge is 0.487 e. The minimum absolute atomic E-state index is 0.00205. The molecule has 0 fully saturated rings. The van der Waals surface area contributed by atoms with Crippen LogP contribution in [0.4, 0.5) is 4.79 Å². The Labute approximate surface area is 560 Å². The highest BCUT2D eigenvalue weighted by Crippen LogP contribution is 2.44. The van der Waals surface area contributed by atoms with Crippen molar-refractivity contribution in [2.24, 2.45) is 16.5 Å². The number of para-hydroxylation sites is 1. The van der Waals surface area contributed by atoms with Gasteiger partial charge in [0, 0.05) is 68.4 Å². The second-order valence-corrected chi connectivity index (χ2v) is 27.3. The second kappa shape index (κ2) is 29.8. The number of primary amides is 1. The molecule has 0 spiro atoms. The summed E-state index contributed by atoms with van der Waals surface area (Å²) in [6.07, 6.45) is 9.77. The summed E-state index contributed by atoms with van der Waals surface area (Å²) < 4.78 is 45.9. The molecule has 4 atom stereocenters. The molecule has 1 aliphatic rings. The number of hydrogen-bond acceptors (Lipinski definition) is 12. The molecule has 0 bridgehead atoms. The third-order valence-corrected chi connectivity index (χ3v) is 18.5. The number of benzene rings is 6. The van der Waals surface area contributed by atoms with Gasteiger partial charge >= 0.3 is 6.09 Å². The number of aliphatic imine (C=N–C) groups is 1. The quantitative estimate of drug-likeness (QED) is 0.00891. The van der Waals surface area contributed by atoms with Crippen LogP contribution in [-0.4, -0.2) is 106 Å². The number of sulfonamides is 1. The lowest BCUT2D eigenvalue weighted by Crippen LogP contribution is -2.59. The van der Waals surface area contributed by atoms with Crippen molar-refractivity contribution in [2.45, 2.75) is 153 Å². The van der Waals surface area contributed by atoms with E-state index in [-0.39, 0.29) is 56.4 Å². The van der Waals surface area contributed by atoms with Crippen molar-refractivity contribution in [3.63, 3.8) is 0 Å². The first kappa shape index (κ1) is 69.8. The fourth-order valence-electron chi connectivity index (χ4n) is 12.3. The Morgan fingerprint density at radius 1 is 0.698 bits per heavy atom. The van der Waals surface area contributed by atoms with Gasteiger partial charge in [0.05, 0.1) is 22.4 Å². The minimum atomic E-state index is -4.30. The van der Waals surface area contributed by atoms with E-state index in [1.165, 1.54) is 10.8 Å². The van der Waals surface area contributed by atoms with Gasteiger partial charge in [-0.25, -0.2) is 22.9 Å². The van der Waals surface area contributed by atoms with E-state index in [1.807, 2.05) is 116 Å². The van der Waals surface area contributed by atoms with Gasteiger partial charge in [0.15, 0.2) is 0 Å². The fraction of sp³-hybridized carbons (Fsp3) is 0.324. The average molecular weight is 1320 g/mol. The molecule has 1 aliphatic heterocycles. The molecule has 8 aromatic rings. The zero-order valence-electron chi connectivity index (χ0n) is 55.3. The van der Waals surface area contributed by atoms with E-state index in [1.54, 1.807) is 102 Å². The van der Waals surface area contributed by atoms with E-state index >= 15 is 9.59 Å². The van der Waals surface area contributed by atoms with Crippen LogP contribution in [-0.2, 0) is 70.0 Å². The lowest BCUT2D eigenvalue weighted by molar-refractivity contribution is -0.134. The Kier molecular flexibility index (Phi) is 21.7. The summed E-state index contributed by atoms with van der Waals surface area (Å²) in [6.45, 7) is 14.1. The number of nitrogens with zero attached hydrogens (tertiary/aromatic N) is 4. The van der Waals surface area contributed by atoms with Crippen LogP contribution in [0.1, 0.15) is 116 Å². The van der Waals surface area contributed by atoms with Gasteiger partial charge in [-0.15, -0.1) is 12.3 Å². The topological polar surface area (TPSA) is 302 Å². The second-order valence-electron chi connectivity index (χ2n) is 25.7. The van der Waals surface area contributed by atoms with Crippen molar-refractivity contribution in [1.82, 2.24) is 40.1 Å². The smallest absolute Gasteiger partial charge is 0.419 e. The summed E-state index contributed by atoms with van der Waals surface area (Å²) in [6, 6.07) is 40.0. The predicted octanol–water partition coefficient (Wildman–Crippen LogP) is 8.04. The number of aromatic nitrogens is 3. The van der Waals surface area contributed by atoms with Gasteiger partial charge in [-0.1, -0.05) is 140 Å². The molecule has 500 valence electrons. The number of guanidine groups is 1. The lowest BCUT2D eigenvalue weighted by Gasteiger charge is -2.37. The molecule has 2 aromatic heterocycles. The number of imidazole rings is 1. The highest BCUT2D eigenvalue weighted by Gasteiger charge is 2.41.